The second kappa shape index (κ2) is 57.1. The zero-order valence-electron chi connectivity index (χ0n) is 48.3. The predicted molar refractivity (Wildman–Crippen MR) is 307 cm³/mol. The molecule has 3 unspecified atom stereocenters. The Balaban J connectivity index is 4.67. The fourth-order valence-corrected chi connectivity index (χ4v) is 9.84. The number of hydrogen-bond acceptors (Lipinski definition) is 10. The molecule has 3 atom stereocenters. The number of phosphoric ester groups is 1. The van der Waals surface area contributed by atoms with Crippen LogP contribution in [0.5, 0.6) is 0 Å². The van der Waals surface area contributed by atoms with E-state index in [9.17, 15) is 28.9 Å². The van der Waals surface area contributed by atoms with E-state index >= 15 is 0 Å². The normalized spacial score (nSPS) is 13.4. The molecule has 0 fully saturated rings. The number of allylic oxidation sites excluding steroid dienone is 4. The number of hydrogen-bond donors (Lipinski definition) is 2. The van der Waals surface area contributed by atoms with E-state index in [4.69, 9.17) is 23.3 Å². The smallest absolute Gasteiger partial charge is 0.462 e. The third kappa shape index (κ3) is 54.7. The topological polar surface area (TPSA) is 155 Å². The first-order valence-corrected chi connectivity index (χ1v) is 32.7. The van der Waals surface area contributed by atoms with Crippen molar-refractivity contribution < 1.29 is 52.2 Å². The lowest BCUT2D eigenvalue weighted by atomic mass is 10.0. The van der Waals surface area contributed by atoms with Gasteiger partial charge in [-0.25, -0.2) is 4.57 Å². The summed E-state index contributed by atoms with van der Waals surface area (Å²) in [5.74, 6) is -1.46. The van der Waals surface area contributed by atoms with Gasteiger partial charge in [0.1, 0.15) is 12.7 Å². The van der Waals surface area contributed by atoms with Crippen molar-refractivity contribution in [3.63, 3.8) is 0 Å². The van der Waals surface area contributed by atoms with Crippen LogP contribution >= 0.6 is 7.82 Å². The van der Waals surface area contributed by atoms with E-state index in [0.717, 1.165) is 96.3 Å². The third-order valence-corrected chi connectivity index (χ3v) is 14.8. The lowest BCUT2D eigenvalue weighted by Gasteiger charge is -2.21. The number of unbranched alkanes of at least 4 members (excludes halogenated alkanes) is 38. The molecule has 436 valence electrons. The molecule has 74 heavy (non-hydrogen) atoms. The fraction of sp³-hybridized carbons (Fsp3) is 0.887. The van der Waals surface area contributed by atoms with Gasteiger partial charge in [0.15, 0.2) is 6.10 Å². The third-order valence-electron chi connectivity index (χ3n) is 13.8. The lowest BCUT2D eigenvalue weighted by Crippen LogP contribution is -2.30. The van der Waals surface area contributed by atoms with Crippen LogP contribution < -0.4 is 0 Å². The molecule has 0 aromatic carbocycles. The molecule has 0 aliphatic carbocycles. The van der Waals surface area contributed by atoms with E-state index in [1.165, 1.54) is 161 Å². The summed E-state index contributed by atoms with van der Waals surface area (Å²) >= 11 is 0. The van der Waals surface area contributed by atoms with Crippen LogP contribution in [0.2, 0.25) is 0 Å². The molecule has 0 aromatic rings. The Morgan fingerprint density at radius 1 is 0.365 bits per heavy atom. The zero-order chi connectivity index (χ0) is 54.1. The summed E-state index contributed by atoms with van der Waals surface area (Å²) in [7, 11) is -4.75. The zero-order valence-corrected chi connectivity index (χ0v) is 49.2. The van der Waals surface area contributed by atoms with Crippen LogP contribution in [-0.4, -0.2) is 66.5 Å². The maximum atomic E-state index is 12.9. The summed E-state index contributed by atoms with van der Waals surface area (Å²) in [6.45, 7) is 4.68. The summed E-state index contributed by atoms with van der Waals surface area (Å²) in [5.41, 5.74) is 0. The summed E-state index contributed by atoms with van der Waals surface area (Å²) in [5, 5.41) is 9.83. The molecule has 0 heterocycles. The van der Waals surface area contributed by atoms with E-state index in [0.29, 0.717) is 19.3 Å². The molecule has 2 N–H and O–H groups in total. The van der Waals surface area contributed by atoms with Crippen LogP contribution in [0.1, 0.15) is 316 Å². The first-order valence-electron chi connectivity index (χ1n) is 31.2. The van der Waals surface area contributed by atoms with Crippen molar-refractivity contribution in [2.75, 3.05) is 26.4 Å². The van der Waals surface area contributed by atoms with Gasteiger partial charge in [-0.2, -0.15) is 0 Å². The Bertz CT molecular complexity index is 1340. The Morgan fingerprint density at radius 3 is 0.932 bits per heavy atom. The minimum Gasteiger partial charge on any atom is -0.462 e. The van der Waals surface area contributed by atoms with Gasteiger partial charge in [-0.3, -0.25) is 23.4 Å². The number of rotatable bonds is 59. The first kappa shape index (κ1) is 72.0. The highest BCUT2D eigenvalue weighted by Crippen LogP contribution is 2.43. The Labute approximate surface area is 455 Å². The highest BCUT2D eigenvalue weighted by atomic mass is 31.2. The van der Waals surface area contributed by atoms with Crippen molar-refractivity contribution in [1.82, 2.24) is 0 Å². The van der Waals surface area contributed by atoms with Crippen molar-refractivity contribution in [2.45, 2.75) is 328 Å². The molecule has 0 rings (SSSR count). The van der Waals surface area contributed by atoms with Crippen LogP contribution in [-0.2, 0) is 42.2 Å². The second-order valence-corrected chi connectivity index (χ2v) is 22.7. The number of carbonyl (C=O) groups is 3. The van der Waals surface area contributed by atoms with Crippen LogP contribution in [0.4, 0.5) is 0 Å². The van der Waals surface area contributed by atoms with Gasteiger partial charge in [-0.15, -0.1) is 0 Å². The Morgan fingerprint density at radius 2 is 0.622 bits per heavy atom. The average Bonchev–Trinajstić information content (AvgIpc) is 3.39. The van der Waals surface area contributed by atoms with Crippen LogP contribution in [0, 0.1) is 0 Å². The quantitative estimate of drug-likeness (QED) is 0.0197. The number of ether oxygens (including phenoxy) is 3. The molecular formula is C62H117O11P. The molecule has 0 radical (unpaired) electrons. The number of aliphatic hydroxyl groups excluding tert-OH is 1. The van der Waals surface area contributed by atoms with Gasteiger partial charge in [-0.05, 0) is 70.6 Å². The second-order valence-electron chi connectivity index (χ2n) is 21.2. The number of carbonyl (C=O) groups excluding carboxylic acids is 3. The van der Waals surface area contributed by atoms with Gasteiger partial charge < -0.3 is 24.2 Å². The van der Waals surface area contributed by atoms with Crippen LogP contribution in [0.25, 0.3) is 0 Å². The largest absolute Gasteiger partial charge is 0.472 e. The van der Waals surface area contributed by atoms with Crippen molar-refractivity contribution >= 4 is 25.7 Å². The number of esters is 3. The van der Waals surface area contributed by atoms with Gasteiger partial charge in [0, 0.05) is 19.3 Å². The van der Waals surface area contributed by atoms with Gasteiger partial charge in [0.25, 0.3) is 0 Å². The van der Waals surface area contributed by atoms with E-state index in [-0.39, 0.29) is 25.9 Å². The van der Waals surface area contributed by atoms with E-state index in [2.05, 4.69) is 45.1 Å². The minimum atomic E-state index is -4.75. The molecule has 0 aliphatic rings. The Kier molecular flexibility index (Phi) is 55.6. The van der Waals surface area contributed by atoms with E-state index < -0.39 is 57.8 Å². The van der Waals surface area contributed by atoms with E-state index in [1.807, 2.05) is 0 Å². The molecule has 12 heteroatoms. The lowest BCUT2D eigenvalue weighted by molar-refractivity contribution is -0.161. The van der Waals surface area contributed by atoms with Gasteiger partial charge >= 0.3 is 25.7 Å². The molecule has 11 nitrogen and oxygen atoms in total. The van der Waals surface area contributed by atoms with Gasteiger partial charge in [0.05, 0.1) is 19.8 Å². The summed E-state index contributed by atoms with van der Waals surface area (Å²) in [6.07, 6.45) is 58.4. The van der Waals surface area contributed by atoms with E-state index in [1.54, 1.807) is 0 Å². The molecule has 0 saturated heterocycles. The van der Waals surface area contributed by atoms with Crippen molar-refractivity contribution in [2.24, 2.45) is 0 Å². The van der Waals surface area contributed by atoms with Crippen LogP contribution in [0.15, 0.2) is 24.3 Å². The van der Waals surface area contributed by atoms with Crippen molar-refractivity contribution in [3.05, 3.63) is 24.3 Å². The average molecular weight is 1070 g/mol. The maximum Gasteiger partial charge on any atom is 0.472 e. The molecular weight excluding hydrogens is 952 g/mol. The summed E-state index contributed by atoms with van der Waals surface area (Å²) in [6, 6.07) is 0. The highest BCUT2D eigenvalue weighted by Gasteiger charge is 2.28. The minimum absolute atomic E-state index is 0.162. The van der Waals surface area contributed by atoms with Crippen LogP contribution in [0.3, 0.4) is 0 Å². The standard InChI is InChI=1S/C62H117O11P/c1-4-7-10-13-16-19-22-25-28-29-32-33-36-39-42-45-48-51-60(64)69-55-59(73-62(66)53-50-47-44-41-38-35-31-27-24-21-18-15-12-9-6-3)57-71-74(67,68)70-56-58(54-63)72-61(65)52-49-46-43-40-37-34-30-26-23-20-17-14-11-8-5-2/h26-27,30-31,58-59,63H,4-25,28-29,32-57H2,1-3H3,(H,67,68)/b30-26-,31-27-. The Hall–Kier alpha value is -2.04. The highest BCUT2D eigenvalue weighted by molar-refractivity contribution is 7.47. The SMILES string of the molecule is CCCCCCCC/C=C\CCCCCCCC(=O)OC(CO)COP(=O)(O)OCC(COC(=O)CCCCCCCCCCCCCCCCCCC)OC(=O)CCCCCCC/C=C\CCCCCCCC. The molecule has 0 spiro atoms. The van der Waals surface area contributed by atoms with Gasteiger partial charge in [0.2, 0.25) is 0 Å². The van der Waals surface area contributed by atoms with Crippen molar-refractivity contribution in [3.8, 4) is 0 Å². The van der Waals surface area contributed by atoms with Gasteiger partial charge in [-0.1, -0.05) is 251 Å². The number of aliphatic hydroxyl groups is 1. The molecule has 0 aliphatic heterocycles. The maximum absolute atomic E-state index is 12.9. The number of phosphoric acid groups is 1. The molecule has 0 saturated carbocycles. The predicted octanol–water partition coefficient (Wildman–Crippen LogP) is 18.6. The molecule has 0 amide bonds. The summed E-state index contributed by atoms with van der Waals surface area (Å²) in [4.78, 5) is 48.6. The first-order chi connectivity index (χ1) is 36.2. The van der Waals surface area contributed by atoms with Crippen molar-refractivity contribution in [1.29, 1.82) is 0 Å². The molecule has 0 bridgehead atoms. The fourth-order valence-electron chi connectivity index (χ4n) is 9.05. The monoisotopic (exact) mass is 1070 g/mol. The molecule has 0 aromatic heterocycles. The summed E-state index contributed by atoms with van der Waals surface area (Å²) < 4.78 is 39.6.